The minimum Gasteiger partial charge on any atom is -0.456 e. The maximum atomic E-state index is 11.1. The third-order valence-corrected chi connectivity index (χ3v) is 2.57. The molecule has 0 aromatic rings. The van der Waals surface area contributed by atoms with E-state index in [4.69, 9.17) is 4.74 Å². The average molecular weight is 168 g/mol. The molecule has 0 fully saturated rings. The molecule has 12 heavy (non-hydrogen) atoms. The van der Waals surface area contributed by atoms with Crippen molar-refractivity contribution in [1.29, 1.82) is 0 Å². The summed E-state index contributed by atoms with van der Waals surface area (Å²) in [5, 5.41) is 0. The molecule has 1 aliphatic heterocycles. The molecule has 0 aromatic heterocycles. The first-order chi connectivity index (χ1) is 5.62. The summed E-state index contributed by atoms with van der Waals surface area (Å²) >= 11 is 0. The number of rotatable bonds is 2. The average Bonchev–Trinajstić information content (AvgIpc) is 2.02. The molecule has 0 unspecified atom stereocenters. The smallest absolute Gasteiger partial charge is 0.331 e. The number of cyclic esters (lactones) is 1. The fourth-order valence-electron chi connectivity index (χ4n) is 1.68. The number of ether oxygens (including phenoxy) is 1. The molecule has 0 saturated carbocycles. The van der Waals surface area contributed by atoms with Crippen molar-refractivity contribution >= 4 is 5.97 Å². The van der Waals surface area contributed by atoms with Crippen LogP contribution in [0.5, 0.6) is 0 Å². The summed E-state index contributed by atoms with van der Waals surface area (Å²) in [5.41, 5.74) is 0.922. The Kier molecular flexibility index (Phi) is 2.55. The molecular weight excluding hydrogens is 152 g/mol. The van der Waals surface area contributed by atoms with E-state index in [2.05, 4.69) is 13.8 Å². The van der Waals surface area contributed by atoms with Gasteiger partial charge in [0.1, 0.15) is 5.60 Å². The quantitative estimate of drug-likeness (QED) is 0.592. The summed E-state index contributed by atoms with van der Waals surface area (Å²) in [4.78, 5) is 11.1. The molecule has 0 spiro atoms. The van der Waals surface area contributed by atoms with E-state index >= 15 is 0 Å². The Labute approximate surface area is 73.6 Å². The summed E-state index contributed by atoms with van der Waals surface area (Å²) in [6, 6.07) is 0. The molecule has 2 nitrogen and oxygen atoms in total. The maximum absolute atomic E-state index is 11.1. The van der Waals surface area contributed by atoms with Crippen molar-refractivity contribution in [3.8, 4) is 0 Å². The van der Waals surface area contributed by atoms with Crippen LogP contribution in [0.3, 0.4) is 0 Å². The molecule has 1 aliphatic rings. The third-order valence-electron chi connectivity index (χ3n) is 2.57. The van der Waals surface area contributed by atoms with Crippen LogP contribution in [0.4, 0.5) is 0 Å². The van der Waals surface area contributed by atoms with Gasteiger partial charge in [0, 0.05) is 12.5 Å². The second kappa shape index (κ2) is 3.30. The van der Waals surface area contributed by atoms with Crippen LogP contribution in [-0.4, -0.2) is 11.6 Å². The van der Waals surface area contributed by atoms with Gasteiger partial charge in [-0.05, 0) is 19.8 Å². The largest absolute Gasteiger partial charge is 0.456 e. The number of esters is 1. The van der Waals surface area contributed by atoms with Crippen molar-refractivity contribution in [3.63, 3.8) is 0 Å². The molecule has 1 rings (SSSR count). The van der Waals surface area contributed by atoms with Crippen LogP contribution in [0.15, 0.2) is 11.6 Å². The normalized spacial score (nSPS) is 21.6. The first kappa shape index (κ1) is 9.30. The van der Waals surface area contributed by atoms with E-state index in [0.29, 0.717) is 0 Å². The summed E-state index contributed by atoms with van der Waals surface area (Å²) < 4.78 is 5.33. The van der Waals surface area contributed by atoms with Crippen LogP contribution in [0.1, 0.15) is 40.0 Å². The first-order valence-corrected chi connectivity index (χ1v) is 4.52. The maximum Gasteiger partial charge on any atom is 0.331 e. The number of hydrogen-bond donors (Lipinski definition) is 0. The van der Waals surface area contributed by atoms with Crippen molar-refractivity contribution in [2.45, 2.75) is 45.6 Å². The predicted octanol–water partition coefficient (Wildman–Crippen LogP) is 2.44. The van der Waals surface area contributed by atoms with E-state index in [9.17, 15) is 4.79 Å². The summed E-state index contributed by atoms with van der Waals surface area (Å²) in [7, 11) is 0. The van der Waals surface area contributed by atoms with Crippen LogP contribution < -0.4 is 0 Å². The van der Waals surface area contributed by atoms with Gasteiger partial charge in [0.05, 0.1) is 0 Å². The lowest BCUT2D eigenvalue weighted by atomic mass is 9.88. The highest BCUT2D eigenvalue weighted by molar-refractivity contribution is 5.84. The molecule has 0 bridgehead atoms. The Bertz CT molecular complexity index is 212. The Hall–Kier alpha value is -0.790. The molecule has 0 radical (unpaired) electrons. The van der Waals surface area contributed by atoms with E-state index in [1.807, 2.05) is 6.92 Å². The number of carbonyl (C=O) groups excluding carboxylic acids is 1. The Balaban J connectivity index is 2.83. The van der Waals surface area contributed by atoms with Crippen molar-refractivity contribution in [3.05, 3.63) is 11.6 Å². The van der Waals surface area contributed by atoms with Crippen LogP contribution in [0.2, 0.25) is 0 Å². The molecule has 0 amide bonds. The lowest BCUT2D eigenvalue weighted by molar-refractivity contribution is -0.156. The van der Waals surface area contributed by atoms with Crippen LogP contribution in [0.25, 0.3) is 0 Å². The van der Waals surface area contributed by atoms with Crippen molar-refractivity contribution in [1.82, 2.24) is 0 Å². The molecule has 2 heteroatoms. The van der Waals surface area contributed by atoms with E-state index < -0.39 is 0 Å². The standard InChI is InChI=1S/C10H16O2/c1-4-10(5-2)7-8(3)6-9(11)12-10/h6H,4-5,7H2,1-3H3. The monoisotopic (exact) mass is 168 g/mol. The van der Waals surface area contributed by atoms with Gasteiger partial charge in [0.2, 0.25) is 0 Å². The van der Waals surface area contributed by atoms with Gasteiger partial charge in [-0.15, -0.1) is 0 Å². The summed E-state index contributed by atoms with van der Waals surface area (Å²) in [6.45, 7) is 6.12. The lowest BCUT2D eigenvalue weighted by Crippen LogP contribution is -2.36. The molecule has 0 aromatic carbocycles. The number of carbonyl (C=O) groups is 1. The van der Waals surface area contributed by atoms with Crippen molar-refractivity contribution in [2.75, 3.05) is 0 Å². The molecule has 0 saturated heterocycles. The molecule has 0 aliphatic carbocycles. The molecule has 1 heterocycles. The molecular formula is C10H16O2. The highest BCUT2D eigenvalue weighted by atomic mass is 16.6. The number of hydrogen-bond acceptors (Lipinski definition) is 2. The Morgan fingerprint density at radius 3 is 2.50 bits per heavy atom. The van der Waals surface area contributed by atoms with Gasteiger partial charge in [-0.2, -0.15) is 0 Å². The molecule has 68 valence electrons. The molecule has 0 N–H and O–H groups in total. The fraction of sp³-hybridized carbons (Fsp3) is 0.700. The zero-order chi connectivity index (χ0) is 9.19. The summed E-state index contributed by atoms with van der Waals surface area (Å²) in [5.74, 6) is -0.178. The lowest BCUT2D eigenvalue weighted by Gasteiger charge is -2.34. The molecule has 0 atom stereocenters. The van der Waals surface area contributed by atoms with Crippen molar-refractivity contribution in [2.24, 2.45) is 0 Å². The topological polar surface area (TPSA) is 26.3 Å². The highest BCUT2D eigenvalue weighted by Gasteiger charge is 2.33. The first-order valence-electron chi connectivity index (χ1n) is 4.52. The van der Waals surface area contributed by atoms with Gasteiger partial charge in [-0.25, -0.2) is 4.79 Å². The van der Waals surface area contributed by atoms with Gasteiger partial charge in [-0.3, -0.25) is 0 Å². The third kappa shape index (κ3) is 1.68. The van der Waals surface area contributed by atoms with Gasteiger partial charge in [0.25, 0.3) is 0 Å². The zero-order valence-electron chi connectivity index (χ0n) is 8.02. The van der Waals surface area contributed by atoms with Gasteiger partial charge in [0.15, 0.2) is 0 Å². The van der Waals surface area contributed by atoms with E-state index in [0.717, 1.165) is 24.8 Å². The van der Waals surface area contributed by atoms with Gasteiger partial charge < -0.3 is 4.74 Å². The SMILES string of the molecule is CCC1(CC)CC(C)=CC(=O)O1. The second-order valence-corrected chi connectivity index (χ2v) is 3.48. The van der Waals surface area contributed by atoms with Crippen LogP contribution >= 0.6 is 0 Å². The predicted molar refractivity (Wildman–Crippen MR) is 47.8 cm³/mol. The van der Waals surface area contributed by atoms with E-state index in [1.165, 1.54) is 0 Å². The minimum atomic E-state index is -0.212. The zero-order valence-corrected chi connectivity index (χ0v) is 8.02. The van der Waals surface area contributed by atoms with Gasteiger partial charge in [-0.1, -0.05) is 19.4 Å². The Morgan fingerprint density at radius 1 is 1.50 bits per heavy atom. The minimum absolute atomic E-state index is 0.178. The van der Waals surface area contributed by atoms with E-state index in [1.54, 1.807) is 6.08 Å². The second-order valence-electron chi connectivity index (χ2n) is 3.48. The highest BCUT2D eigenvalue weighted by Crippen LogP contribution is 2.31. The van der Waals surface area contributed by atoms with E-state index in [-0.39, 0.29) is 11.6 Å². The Morgan fingerprint density at radius 2 is 2.08 bits per heavy atom. The van der Waals surface area contributed by atoms with Crippen LogP contribution in [-0.2, 0) is 9.53 Å². The van der Waals surface area contributed by atoms with Gasteiger partial charge >= 0.3 is 5.97 Å². The van der Waals surface area contributed by atoms with Crippen molar-refractivity contribution < 1.29 is 9.53 Å². The van der Waals surface area contributed by atoms with Crippen LogP contribution in [0, 0.1) is 0 Å². The fourth-order valence-corrected chi connectivity index (χ4v) is 1.68. The summed E-state index contributed by atoms with van der Waals surface area (Å²) in [6.07, 6.45) is 4.29.